The van der Waals surface area contributed by atoms with Gasteiger partial charge >= 0.3 is 0 Å². The standard InChI is InChI=1S/C16H22N4O2/c1-4-10-7-13(21-2)14(22-3)8-11(10)5-6-12-9-19-16(18)20-15(12)17/h7-9H,4-6H2,1-3H3,(H4,17,18,19,20). The van der Waals surface area contributed by atoms with E-state index < -0.39 is 0 Å². The van der Waals surface area contributed by atoms with Crippen molar-refractivity contribution in [2.45, 2.75) is 26.2 Å². The van der Waals surface area contributed by atoms with Crippen LogP contribution in [-0.2, 0) is 19.3 Å². The fourth-order valence-corrected chi connectivity index (χ4v) is 2.42. The summed E-state index contributed by atoms with van der Waals surface area (Å²) in [5.74, 6) is 2.11. The lowest BCUT2D eigenvalue weighted by atomic mass is 9.98. The number of nitrogens with zero attached hydrogens (tertiary/aromatic N) is 2. The number of nitrogen functional groups attached to an aromatic ring is 2. The van der Waals surface area contributed by atoms with Gasteiger partial charge in [-0.15, -0.1) is 0 Å². The van der Waals surface area contributed by atoms with Crippen LogP contribution in [0.25, 0.3) is 0 Å². The number of ether oxygens (including phenoxy) is 2. The molecular weight excluding hydrogens is 280 g/mol. The number of rotatable bonds is 6. The zero-order valence-corrected chi connectivity index (χ0v) is 13.2. The Kier molecular flexibility index (Phi) is 5.04. The molecule has 1 heterocycles. The van der Waals surface area contributed by atoms with Crippen LogP contribution < -0.4 is 20.9 Å². The predicted octanol–water partition coefficient (Wildman–Crippen LogP) is 2.01. The zero-order chi connectivity index (χ0) is 16.1. The van der Waals surface area contributed by atoms with E-state index in [2.05, 4.69) is 16.9 Å². The summed E-state index contributed by atoms with van der Waals surface area (Å²) >= 11 is 0. The Labute approximate surface area is 130 Å². The molecule has 1 aromatic carbocycles. The van der Waals surface area contributed by atoms with E-state index in [1.165, 1.54) is 11.1 Å². The third kappa shape index (κ3) is 3.39. The summed E-state index contributed by atoms with van der Waals surface area (Å²) in [5.41, 5.74) is 14.7. The molecule has 1 aromatic heterocycles. The number of methoxy groups -OCH3 is 2. The fourth-order valence-electron chi connectivity index (χ4n) is 2.42. The van der Waals surface area contributed by atoms with Gasteiger partial charge in [-0.2, -0.15) is 4.98 Å². The van der Waals surface area contributed by atoms with Gasteiger partial charge in [-0.1, -0.05) is 6.92 Å². The molecule has 6 nitrogen and oxygen atoms in total. The first kappa shape index (κ1) is 15.9. The molecular formula is C16H22N4O2. The molecule has 0 fully saturated rings. The number of hydrogen-bond donors (Lipinski definition) is 2. The van der Waals surface area contributed by atoms with E-state index in [1.54, 1.807) is 20.4 Å². The second-order valence-corrected chi connectivity index (χ2v) is 4.97. The summed E-state index contributed by atoms with van der Waals surface area (Å²) in [6.07, 6.45) is 4.17. The Hall–Kier alpha value is -2.50. The average Bonchev–Trinajstić information content (AvgIpc) is 2.53. The molecule has 118 valence electrons. The molecule has 22 heavy (non-hydrogen) atoms. The second-order valence-electron chi connectivity index (χ2n) is 4.97. The molecule has 4 N–H and O–H groups in total. The summed E-state index contributed by atoms with van der Waals surface area (Å²) in [4.78, 5) is 7.99. The van der Waals surface area contributed by atoms with E-state index in [-0.39, 0.29) is 5.95 Å². The minimum atomic E-state index is 0.196. The van der Waals surface area contributed by atoms with E-state index in [9.17, 15) is 0 Å². The zero-order valence-electron chi connectivity index (χ0n) is 13.2. The van der Waals surface area contributed by atoms with Gasteiger partial charge in [-0.05, 0) is 42.5 Å². The van der Waals surface area contributed by atoms with Crippen LogP contribution in [0.3, 0.4) is 0 Å². The lowest BCUT2D eigenvalue weighted by Crippen LogP contribution is -2.05. The number of anilines is 2. The maximum Gasteiger partial charge on any atom is 0.221 e. The van der Waals surface area contributed by atoms with Gasteiger partial charge in [0.1, 0.15) is 5.82 Å². The van der Waals surface area contributed by atoms with Gasteiger partial charge in [0.05, 0.1) is 14.2 Å². The van der Waals surface area contributed by atoms with Crippen molar-refractivity contribution in [3.05, 3.63) is 35.0 Å². The summed E-state index contributed by atoms with van der Waals surface area (Å²) in [6.45, 7) is 2.12. The van der Waals surface area contributed by atoms with Gasteiger partial charge in [-0.25, -0.2) is 4.98 Å². The topological polar surface area (TPSA) is 96.3 Å². The molecule has 0 aliphatic carbocycles. The summed E-state index contributed by atoms with van der Waals surface area (Å²) in [7, 11) is 3.28. The van der Waals surface area contributed by atoms with E-state index in [4.69, 9.17) is 20.9 Å². The van der Waals surface area contributed by atoms with Crippen LogP contribution in [-0.4, -0.2) is 24.2 Å². The van der Waals surface area contributed by atoms with Crippen LogP contribution >= 0.6 is 0 Å². The molecule has 0 atom stereocenters. The molecule has 2 rings (SSSR count). The van der Waals surface area contributed by atoms with Crippen molar-refractivity contribution in [3.8, 4) is 11.5 Å². The van der Waals surface area contributed by atoms with Gasteiger partial charge in [-0.3, -0.25) is 0 Å². The molecule has 0 saturated carbocycles. The van der Waals surface area contributed by atoms with Crippen molar-refractivity contribution in [1.29, 1.82) is 0 Å². The van der Waals surface area contributed by atoms with Crippen LogP contribution in [0.4, 0.5) is 11.8 Å². The van der Waals surface area contributed by atoms with Crippen molar-refractivity contribution in [1.82, 2.24) is 9.97 Å². The SMILES string of the molecule is CCc1cc(OC)c(OC)cc1CCc1cnc(N)nc1N. The monoisotopic (exact) mass is 302 g/mol. The largest absolute Gasteiger partial charge is 0.493 e. The fraction of sp³-hybridized carbons (Fsp3) is 0.375. The van der Waals surface area contributed by atoms with Crippen LogP contribution in [0.5, 0.6) is 11.5 Å². The molecule has 0 bridgehead atoms. The van der Waals surface area contributed by atoms with E-state index >= 15 is 0 Å². The Morgan fingerprint density at radius 3 is 2.09 bits per heavy atom. The van der Waals surface area contributed by atoms with Crippen molar-refractivity contribution < 1.29 is 9.47 Å². The number of benzene rings is 1. The highest BCUT2D eigenvalue weighted by Crippen LogP contribution is 2.31. The van der Waals surface area contributed by atoms with Crippen molar-refractivity contribution in [2.75, 3.05) is 25.7 Å². The molecule has 0 saturated heterocycles. The number of nitrogens with two attached hydrogens (primary N) is 2. The Morgan fingerprint density at radius 2 is 1.55 bits per heavy atom. The third-order valence-corrected chi connectivity index (χ3v) is 3.67. The van der Waals surface area contributed by atoms with Crippen LogP contribution in [0.1, 0.15) is 23.6 Å². The predicted molar refractivity (Wildman–Crippen MR) is 87.2 cm³/mol. The first-order chi connectivity index (χ1) is 10.6. The van der Waals surface area contributed by atoms with Crippen molar-refractivity contribution in [3.63, 3.8) is 0 Å². The normalized spacial score (nSPS) is 10.5. The number of aryl methyl sites for hydroxylation is 3. The lowest BCUT2D eigenvalue weighted by Gasteiger charge is -2.14. The molecule has 2 aromatic rings. The van der Waals surface area contributed by atoms with Gasteiger partial charge in [0, 0.05) is 11.8 Å². The Morgan fingerprint density at radius 1 is 0.955 bits per heavy atom. The van der Waals surface area contributed by atoms with Gasteiger partial charge in [0.2, 0.25) is 5.95 Å². The molecule has 0 spiro atoms. The Bertz CT molecular complexity index is 659. The molecule has 0 unspecified atom stereocenters. The number of aromatic nitrogens is 2. The molecule has 0 aliphatic rings. The molecule has 0 amide bonds. The van der Waals surface area contributed by atoms with Crippen molar-refractivity contribution >= 4 is 11.8 Å². The first-order valence-corrected chi connectivity index (χ1v) is 7.19. The highest BCUT2D eigenvalue weighted by Gasteiger charge is 2.11. The summed E-state index contributed by atoms with van der Waals surface area (Å²) in [5, 5.41) is 0. The van der Waals surface area contributed by atoms with Crippen LogP contribution in [0.15, 0.2) is 18.3 Å². The highest BCUT2D eigenvalue weighted by molar-refractivity contribution is 5.48. The summed E-state index contributed by atoms with van der Waals surface area (Å²) in [6, 6.07) is 4.04. The van der Waals surface area contributed by atoms with Crippen LogP contribution in [0.2, 0.25) is 0 Å². The van der Waals surface area contributed by atoms with Gasteiger partial charge < -0.3 is 20.9 Å². The molecule has 6 heteroatoms. The Balaban J connectivity index is 2.24. The van der Waals surface area contributed by atoms with E-state index in [0.29, 0.717) is 5.82 Å². The maximum absolute atomic E-state index is 5.88. The average molecular weight is 302 g/mol. The summed E-state index contributed by atoms with van der Waals surface area (Å²) < 4.78 is 10.7. The molecule has 0 aliphatic heterocycles. The smallest absolute Gasteiger partial charge is 0.221 e. The minimum absolute atomic E-state index is 0.196. The highest BCUT2D eigenvalue weighted by atomic mass is 16.5. The first-order valence-electron chi connectivity index (χ1n) is 7.19. The van der Waals surface area contributed by atoms with Gasteiger partial charge in [0.15, 0.2) is 11.5 Å². The maximum atomic E-state index is 5.88. The lowest BCUT2D eigenvalue weighted by molar-refractivity contribution is 0.354. The molecule has 0 radical (unpaired) electrons. The van der Waals surface area contributed by atoms with Gasteiger partial charge in [0.25, 0.3) is 0 Å². The van der Waals surface area contributed by atoms with E-state index in [1.807, 2.05) is 12.1 Å². The number of hydrogen-bond acceptors (Lipinski definition) is 6. The third-order valence-electron chi connectivity index (χ3n) is 3.67. The second kappa shape index (κ2) is 6.98. The van der Waals surface area contributed by atoms with E-state index in [0.717, 1.165) is 36.3 Å². The quantitative estimate of drug-likeness (QED) is 0.847. The minimum Gasteiger partial charge on any atom is -0.493 e. The van der Waals surface area contributed by atoms with Crippen LogP contribution in [0, 0.1) is 0 Å². The van der Waals surface area contributed by atoms with Crippen molar-refractivity contribution in [2.24, 2.45) is 0 Å².